The van der Waals surface area contributed by atoms with Gasteiger partial charge in [-0.2, -0.15) is 0 Å². The van der Waals surface area contributed by atoms with Crippen molar-refractivity contribution >= 4 is 15.9 Å². The minimum Gasteiger partial charge on any atom is -0.103 e. The zero-order chi connectivity index (χ0) is 6.69. The van der Waals surface area contributed by atoms with Gasteiger partial charge >= 0.3 is 0 Å². The zero-order valence-corrected chi connectivity index (χ0v) is 7.23. The first-order valence-electron chi connectivity index (χ1n) is 3.58. The topological polar surface area (TPSA) is 0 Å². The summed E-state index contributed by atoms with van der Waals surface area (Å²) in [6.45, 7) is 3.73. The second-order valence-electron chi connectivity index (χ2n) is 2.80. The Morgan fingerprint density at radius 1 is 1.56 bits per heavy atom. The highest BCUT2D eigenvalue weighted by molar-refractivity contribution is 9.09. The van der Waals surface area contributed by atoms with E-state index in [-0.39, 0.29) is 0 Å². The fraction of sp³-hybridized carbons (Fsp3) is 0.750. The van der Waals surface area contributed by atoms with Crippen molar-refractivity contribution in [1.29, 1.82) is 0 Å². The summed E-state index contributed by atoms with van der Waals surface area (Å²) in [5, 5.41) is 0. The Balaban J connectivity index is 2.21. The van der Waals surface area contributed by atoms with E-state index in [4.69, 9.17) is 0 Å². The molecule has 0 aromatic carbocycles. The Labute approximate surface area is 65.5 Å². The van der Waals surface area contributed by atoms with E-state index < -0.39 is 0 Å². The summed E-state index contributed by atoms with van der Waals surface area (Å²) in [5.74, 6) is 0.923. The van der Waals surface area contributed by atoms with E-state index in [1.165, 1.54) is 25.7 Å². The van der Waals surface area contributed by atoms with E-state index in [1.807, 2.05) is 6.08 Å². The second kappa shape index (κ2) is 3.40. The minimum atomic E-state index is 0.794. The highest BCUT2D eigenvalue weighted by Gasteiger charge is 2.20. The van der Waals surface area contributed by atoms with E-state index in [0.29, 0.717) is 0 Å². The summed E-state index contributed by atoms with van der Waals surface area (Å²) in [7, 11) is 0. The Morgan fingerprint density at radius 3 is 2.78 bits per heavy atom. The third-order valence-electron chi connectivity index (χ3n) is 1.98. The van der Waals surface area contributed by atoms with Crippen molar-refractivity contribution in [1.82, 2.24) is 0 Å². The van der Waals surface area contributed by atoms with Gasteiger partial charge in [-0.1, -0.05) is 22.0 Å². The third-order valence-corrected chi connectivity index (χ3v) is 2.81. The molecule has 0 aromatic heterocycles. The van der Waals surface area contributed by atoms with Crippen LogP contribution in [0.5, 0.6) is 0 Å². The van der Waals surface area contributed by atoms with Crippen LogP contribution >= 0.6 is 15.9 Å². The molecule has 0 nitrogen and oxygen atoms in total. The van der Waals surface area contributed by atoms with Crippen molar-refractivity contribution in [3.05, 3.63) is 12.7 Å². The van der Waals surface area contributed by atoms with Gasteiger partial charge in [-0.15, -0.1) is 6.58 Å². The van der Waals surface area contributed by atoms with Gasteiger partial charge in [-0.05, 0) is 31.6 Å². The minimum absolute atomic E-state index is 0.794. The van der Waals surface area contributed by atoms with Crippen LogP contribution in [0.4, 0.5) is 0 Å². The van der Waals surface area contributed by atoms with Gasteiger partial charge in [0.05, 0.1) is 0 Å². The van der Waals surface area contributed by atoms with Gasteiger partial charge in [0.1, 0.15) is 0 Å². The molecule has 1 heteroatoms. The van der Waals surface area contributed by atoms with Crippen LogP contribution < -0.4 is 0 Å². The number of allylic oxidation sites excluding steroid dienone is 1. The fourth-order valence-electron chi connectivity index (χ4n) is 1.46. The van der Waals surface area contributed by atoms with Gasteiger partial charge in [0.2, 0.25) is 0 Å². The number of alkyl halides is 1. The van der Waals surface area contributed by atoms with Crippen molar-refractivity contribution in [3.63, 3.8) is 0 Å². The molecule has 2 unspecified atom stereocenters. The SMILES string of the molecule is C=CCC1CCC(Br)C1. The summed E-state index contributed by atoms with van der Waals surface area (Å²) in [5.41, 5.74) is 0. The van der Waals surface area contributed by atoms with Gasteiger partial charge < -0.3 is 0 Å². The summed E-state index contributed by atoms with van der Waals surface area (Å²) in [6.07, 6.45) is 7.35. The molecular weight excluding hydrogens is 176 g/mol. The van der Waals surface area contributed by atoms with Crippen LogP contribution in [-0.4, -0.2) is 4.83 Å². The van der Waals surface area contributed by atoms with E-state index in [1.54, 1.807) is 0 Å². The van der Waals surface area contributed by atoms with Crippen LogP contribution in [0.1, 0.15) is 25.7 Å². The molecule has 0 spiro atoms. The smallest absolute Gasteiger partial charge is 0.0148 e. The third kappa shape index (κ3) is 2.13. The first-order chi connectivity index (χ1) is 4.33. The van der Waals surface area contributed by atoms with Crippen LogP contribution in [0.2, 0.25) is 0 Å². The Bertz CT molecular complexity index is 98.7. The molecule has 1 aliphatic carbocycles. The van der Waals surface area contributed by atoms with Crippen LogP contribution in [-0.2, 0) is 0 Å². The fourth-order valence-corrected chi connectivity index (χ4v) is 2.26. The van der Waals surface area contributed by atoms with Crippen molar-refractivity contribution in [2.24, 2.45) is 5.92 Å². The highest BCUT2D eigenvalue weighted by Crippen LogP contribution is 2.32. The molecule has 0 amide bonds. The van der Waals surface area contributed by atoms with Gasteiger partial charge in [-0.25, -0.2) is 0 Å². The van der Waals surface area contributed by atoms with Gasteiger partial charge in [0.15, 0.2) is 0 Å². The maximum absolute atomic E-state index is 3.73. The standard InChI is InChI=1S/C8H13Br/c1-2-3-7-4-5-8(9)6-7/h2,7-8H,1,3-6H2. The number of rotatable bonds is 2. The average molecular weight is 189 g/mol. The predicted octanol–water partition coefficient (Wildman–Crippen LogP) is 3.13. The zero-order valence-electron chi connectivity index (χ0n) is 5.65. The molecule has 52 valence electrons. The number of hydrogen-bond donors (Lipinski definition) is 0. The van der Waals surface area contributed by atoms with E-state index in [9.17, 15) is 0 Å². The van der Waals surface area contributed by atoms with Crippen molar-refractivity contribution < 1.29 is 0 Å². The monoisotopic (exact) mass is 188 g/mol. The average Bonchev–Trinajstić information content (AvgIpc) is 2.17. The van der Waals surface area contributed by atoms with Gasteiger partial charge in [0, 0.05) is 4.83 Å². The molecule has 1 saturated carbocycles. The largest absolute Gasteiger partial charge is 0.103 e. The molecule has 2 atom stereocenters. The number of hydrogen-bond acceptors (Lipinski definition) is 0. The molecule has 1 rings (SSSR count). The Morgan fingerprint density at radius 2 is 2.33 bits per heavy atom. The maximum atomic E-state index is 3.73. The first-order valence-corrected chi connectivity index (χ1v) is 4.49. The molecule has 0 aliphatic heterocycles. The van der Waals surface area contributed by atoms with E-state index in [2.05, 4.69) is 22.5 Å². The molecule has 0 radical (unpaired) electrons. The van der Waals surface area contributed by atoms with E-state index >= 15 is 0 Å². The summed E-state index contributed by atoms with van der Waals surface area (Å²) in [4.78, 5) is 0.794. The second-order valence-corrected chi connectivity index (χ2v) is 4.10. The van der Waals surface area contributed by atoms with Crippen LogP contribution in [0.15, 0.2) is 12.7 Å². The summed E-state index contributed by atoms with van der Waals surface area (Å²) < 4.78 is 0. The quantitative estimate of drug-likeness (QED) is 0.462. The lowest BCUT2D eigenvalue weighted by atomic mass is 10.1. The molecular formula is C8H13Br. The lowest BCUT2D eigenvalue weighted by Crippen LogP contribution is -1.92. The predicted molar refractivity (Wildman–Crippen MR) is 44.9 cm³/mol. The van der Waals surface area contributed by atoms with Crippen molar-refractivity contribution in [3.8, 4) is 0 Å². The number of halogens is 1. The molecule has 0 N–H and O–H groups in total. The maximum Gasteiger partial charge on any atom is 0.0148 e. The molecule has 0 heterocycles. The van der Waals surface area contributed by atoms with Crippen LogP contribution in [0, 0.1) is 5.92 Å². The molecule has 1 fully saturated rings. The van der Waals surface area contributed by atoms with Crippen molar-refractivity contribution in [2.45, 2.75) is 30.5 Å². The summed E-state index contributed by atoms with van der Waals surface area (Å²) >= 11 is 3.61. The first kappa shape index (κ1) is 7.33. The molecule has 9 heavy (non-hydrogen) atoms. The molecule has 1 aliphatic rings. The van der Waals surface area contributed by atoms with Gasteiger partial charge in [-0.3, -0.25) is 0 Å². The normalized spacial score (nSPS) is 34.8. The molecule has 0 aromatic rings. The Kier molecular flexibility index (Phi) is 2.77. The molecule has 0 saturated heterocycles. The highest BCUT2D eigenvalue weighted by atomic mass is 79.9. The lowest BCUT2D eigenvalue weighted by Gasteiger charge is -2.02. The van der Waals surface area contributed by atoms with Gasteiger partial charge in [0.25, 0.3) is 0 Å². The van der Waals surface area contributed by atoms with Crippen LogP contribution in [0.3, 0.4) is 0 Å². The lowest BCUT2D eigenvalue weighted by molar-refractivity contribution is 0.560. The molecule has 0 bridgehead atoms. The van der Waals surface area contributed by atoms with Crippen LogP contribution in [0.25, 0.3) is 0 Å². The Hall–Kier alpha value is 0.220. The summed E-state index contributed by atoms with van der Waals surface area (Å²) in [6, 6.07) is 0. The van der Waals surface area contributed by atoms with Crippen molar-refractivity contribution in [2.75, 3.05) is 0 Å². The van der Waals surface area contributed by atoms with E-state index in [0.717, 1.165) is 10.7 Å².